The van der Waals surface area contributed by atoms with Gasteiger partial charge in [-0.2, -0.15) is 0 Å². The van der Waals surface area contributed by atoms with Crippen LogP contribution >= 0.6 is 11.8 Å². The Morgan fingerprint density at radius 3 is 2.61 bits per heavy atom. The molecule has 2 aliphatic heterocycles. The number of nitrogens with one attached hydrogen (secondary N) is 2. The van der Waals surface area contributed by atoms with E-state index in [1.807, 2.05) is 67.8 Å². The lowest BCUT2D eigenvalue weighted by molar-refractivity contribution is -0.120. The molecular formula is C26H26N4O2S. The third kappa shape index (κ3) is 4.59. The highest BCUT2D eigenvalue weighted by Gasteiger charge is 2.40. The summed E-state index contributed by atoms with van der Waals surface area (Å²) < 4.78 is 0. The molecule has 0 aromatic heterocycles. The van der Waals surface area contributed by atoms with Crippen LogP contribution in [0.2, 0.25) is 0 Å². The summed E-state index contributed by atoms with van der Waals surface area (Å²) in [6.45, 7) is 3.92. The van der Waals surface area contributed by atoms with Crippen molar-refractivity contribution in [1.82, 2.24) is 10.2 Å². The third-order valence-corrected chi connectivity index (χ3v) is 6.81. The molecule has 0 bridgehead atoms. The molecule has 0 saturated heterocycles. The Labute approximate surface area is 197 Å². The van der Waals surface area contributed by atoms with Gasteiger partial charge in [0.05, 0.1) is 23.7 Å². The first-order chi connectivity index (χ1) is 16.0. The summed E-state index contributed by atoms with van der Waals surface area (Å²) in [5.41, 5.74) is 4.98. The minimum absolute atomic E-state index is 0.00940. The number of thioether (sulfide) groups is 1. The van der Waals surface area contributed by atoms with Crippen LogP contribution in [0, 0.1) is 6.92 Å². The number of carbonyl (C=O) groups is 2. The third-order valence-electron chi connectivity index (χ3n) is 5.92. The van der Waals surface area contributed by atoms with Crippen LogP contribution in [0.4, 0.5) is 5.69 Å². The number of hydrogen-bond donors (Lipinski definition) is 2. The summed E-state index contributed by atoms with van der Waals surface area (Å²) in [5, 5.41) is 8.88. The molecule has 1 fully saturated rings. The topological polar surface area (TPSA) is 73.8 Å². The van der Waals surface area contributed by atoms with Gasteiger partial charge >= 0.3 is 0 Å². The summed E-state index contributed by atoms with van der Waals surface area (Å²) in [6, 6.07) is 17.6. The number of hydrogen-bond acceptors (Lipinski definition) is 5. The van der Waals surface area contributed by atoms with E-state index in [2.05, 4.69) is 21.6 Å². The fourth-order valence-electron chi connectivity index (χ4n) is 4.21. The summed E-state index contributed by atoms with van der Waals surface area (Å²) in [5.74, 6) is -0.179. The van der Waals surface area contributed by atoms with E-state index in [1.165, 1.54) is 11.8 Å². The lowest BCUT2D eigenvalue weighted by atomic mass is 9.92. The highest BCUT2D eigenvalue weighted by molar-refractivity contribution is 8.16. The van der Waals surface area contributed by atoms with Gasteiger partial charge in [-0.3, -0.25) is 9.59 Å². The first-order valence-electron chi connectivity index (χ1n) is 11.2. The summed E-state index contributed by atoms with van der Waals surface area (Å²) >= 11 is 1.50. The Morgan fingerprint density at radius 1 is 1.09 bits per heavy atom. The van der Waals surface area contributed by atoms with E-state index in [1.54, 1.807) is 0 Å². The Kier molecular flexibility index (Phi) is 5.81. The zero-order valence-electron chi connectivity index (χ0n) is 18.7. The molecule has 2 N–H and O–H groups in total. The SMILES string of the molecule is CC1=C(C(=O)Nc2ccccc2)C(c2cccc(C)c2)N2C(CC(=O)NC3CC3)=CSC2=N1. The van der Waals surface area contributed by atoms with Gasteiger partial charge in [0, 0.05) is 17.4 Å². The zero-order valence-corrected chi connectivity index (χ0v) is 19.5. The fraction of sp³-hybridized carbons (Fsp3) is 0.269. The van der Waals surface area contributed by atoms with Crippen LogP contribution in [0.25, 0.3) is 0 Å². The molecule has 0 spiro atoms. The van der Waals surface area contributed by atoms with Crippen LogP contribution in [-0.2, 0) is 9.59 Å². The predicted octanol–water partition coefficient (Wildman–Crippen LogP) is 4.88. The molecule has 2 aromatic rings. The largest absolute Gasteiger partial charge is 0.353 e. The van der Waals surface area contributed by atoms with Crippen molar-refractivity contribution in [2.24, 2.45) is 4.99 Å². The maximum absolute atomic E-state index is 13.5. The molecule has 1 atom stereocenters. The second kappa shape index (κ2) is 8.90. The molecule has 5 rings (SSSR count). The van der Waals surface area contributed by atoms with E-state index in [0.717, 1.165) is 40.5 Å². The lowest BCUT2D eigenvalue weighted by Crippen LogP contribution is -2.39. The monoisotopic (exact) mass is 458 g/mol. The second-order valence-corrected chi connectivity index (χ2v) is 9.48. The first kappa shape index (κ1) is 21.5. The van der Waals surface area contributed by atoms with Crippen LogP contribution in [-0.4, -0.2) is 27.9 Å². The minimum atomic E-state index is -0.365. The van der Waals surface area contributed by atoms with Crippen molar-refractivity contribution in [2.75, 3.05) is 5.32 Å². The molecular weight excluding hydrogens is 432 g/mol. The molecule has 1 saturated carbocycles. The number of nitrogens with zero attached hydrogens (tertiary/aromatic N) is 2. The number of benzene rings is 2. The molecule has 6 nitrogen and oxygen atoms in total. The number of allylic oxidation sites excluding steroid dienone is 1. The standard InChI is InChI=1S/C26H26N4O2S/c1-16-7-6-8-18(13-16)24-23(25(32)29-19-9-4-3-5-10-19)17(2)27-26-30(24)21(15-33-26)14-22(31)28-20-11-12-20/h3-10,13,15,20,24H,11-12,14H2,1-2H3,(H,28,31)(H,29,32). The summed E-state index contributed by atoms with van der Waals surface area (Å²) in [4.78, 5) is 33.0. The van der Waals surface area contributed by atoms with Crippen molar-refractivity contribution in [3.63, 3.8) is 0 Å². The Bertz CT molecular complexity index is 1200. The van der Waals surface area contributed by atoms with E-state index in [0.29, 0.717) is 17.3 Å². The normalized spacial score (nSPS) is 19.6. The number of amidine groups is 1. The highest BCUT2D eigenvalue weighted by Crippen LogP contribution is 2.45. The van der Waals surface area contributed by atoms with Crippen LogP contribution in [0.3, 0.4) is 0 Å². The molecule has 7 heteroatoms. The second-order valence-electron chi connectivity index (χ2n) is 8.65. The number of aliphatic imine (C=N–C) groups is 1. The molecule has 168 valence electrons. The molecule has 2 amide bonds. The first-order valence-corrected chi connectivity index (χ1v) is 12.0. The molecule has 33 heavy (non-hydrogen) atoms. The van der Waals surface area contributed by atoms with Gasteiger partial charge in [0.2, 0.25) is 5.91 Å². The van der Waals surface area contributed by atoms with Crippen molar-refractivity contribution in [2.45, 2.75) is 45.2 Å². The van der Waals surface area contributed by atoms with E-state index in [9.17, 15) is 9.59 Å². The molecule has 3 aliphatic rings. The van der Waals surface area contributed by atoms with Gasteiger partial charge in [0.25, 0.3) is 5.91 Å². The van der Waals surface area contributed by atoms with E-state index in [4.69, 9.17) is 4.99 Å². The average Bonchev–Trinajstić information content (AvgIpc) is 3.52. The number of para-hydroxylation sites is 1. The van der Waals surface area contributed by atoms with Crippen molar-refractivity contribution >= 4 is 34.4 Å². The van der Waals surface area contributed by atoms with Gasteiger partial charge < -0.3 is 15.5 Å². The quantitative estimate of drug-likeness (QED) is 0.647. The zero-order chi connectivity index (χ0) is 22.9. The van der Waals surface area contributed by atoms with Crippen molar-refractivity contribution in [3.05, 3.63) is 88.1 Å². The van der Waals surface area contributed by atoms with Crippen molar-refractivity contribution < 1.29 is 9.59 Å². The Balaban J connectivity index is 1.51. The van der Waals surface area contributed by atoms with Crippen molar-refractivity contribution in [3.8, 4) is 0 Å². The number of amides is 2. The van der Waals surface area contributed by atoms with E-state index < -0.39 is 0 Å². The fourth-order valence-corrected chi connectivity index (χ4v) is 5.17. The highest BCUT2D eigenvalue weighted by atomic mass is 32.2. The lowest BCUT2D eigenvalue weighted by Gasteiger charge is -2.36. The maximum atomic E-state index is 13.5. The number of fused-ring (bicyclic) bond motifs is 1. The summed E-state index contributed by atoms with van der Waals surface area (Å²) in [7, 11) is 0. The number of anilines is 1. The minimum Gasteiger partial charge on any atom is -0.353 e. The number of carbonyl (C=O) groups excluding carboxylic acids is 2. The van der Waals surface area contributed by atoms with Gasteiger partial charge in [-0.25, -0.2) is 4.99 Å². The van der Waals surface area contributed by atoms with Crippen LogP contribution in [0.15, 0.2) is 82.0 Å². The van der Waals surface area contributed by atoms with E-state index in [-0.39, 0.29) is 24.3 Å². The van der Waals surface area contributed by atoms with Gasteiger partial charge in [-0.05, 0) is 49.8 Å². The van der Waals surface area contributed by atoms with Gasteiger partial charge in [-0.1, -0.05) is 59.8 Å². The number of aryl methyl sites for hydroxylation is 1. The van der Waals surface area contributed by atoms with Crippen molar-refractivity contribution in [1.29, 1.82) is 0 Å². The molecule has 0 radical (unpaired) electrons. The predicted molar refractivity (Wildman–Crippen MR) is 132 cm³/mol. The molecule has 1 unspecified atom stereocenters. The van der Waals surface area contributed by atoms with Crippen LogP contribution < -0.4 is 10.6 Å². The average molecular weight is 459 g/mol. The van der Waals surface area contributed by atoms with Crippen LogP contribution in [0.5, 0.6) is 0 Å². The molecule has 2 heterocycles. The Hall–Kier alpha value is -3.32. The molecule has 1 aliphatic carbocycles. The van der Waals surface area contributed by atoms with Gasteiger partial charge in [-0.15, -0.1) is 0 Å². The van der Waals surface area contributed by atoms with Gasteiger partial charge in [0.1, 0.15) is 0 Å². The maximum Gasteiger partial charge on any atom is 0.255 e. The summed E-state index contributed by atoms with van der Waals surface area (Å²) in [6.07, 6.45) is 2.36. The van der Waals surface area contributed by atoms with Gasteiger partial charge in [0.15, 0.2) is 5.17 Å². The van der Waals surface area contributed by atoms with E-state index >= 15 is 0 Å². The van der Waals surface area contributed by atoms with Crippen LogP contribution in [0.1, 0.15) is 43.4 Å². The smallest absolute Gasteiger partial charge is 0.255 e. The Morgan fingerprint density at radius 2 is 1.88 bits per heavy atom. The number of rotatable bonds is 6. The molecule has 2 aromatic carbocycles.